The number of primary amides is 1. The van der Waals surface area contributed by atoms with Gasteiger partial charge in [-0.3, -0.25) is 14.4 Å². The fraction of sp³-hybridized carbons (Fsp3) is 0.519. The van der Waals surface area contributed by atoms with Crippen molar-refractivity contribution in [3.05, 3.63) is 45.5 Å². The first-order chi connectivity index (χ1) is 17.6. The van der Waals surface area contributed by atoms with Crippen LogP contribution in [0, 0.1) is 23.6 Å². The van der Waals surface area contributed by atoms with E-state index in [9.17, 15) is 34.8 Å². The Kier molecular flexibility index (Phi) is 6.35. The van der Waals surface area contributed by atoms with E-state index >= 15 is 4.39 Å². The molecule has 37 heavy (non-hydrogen) atoms. The maximum atomic E-state index is 15.2. The summed E-state index contributed by atoms with van der Waals surface area (Å²) in [6.07, 6.45) is 5.30. The number of nitrogens with two attached hydrogens (primary N) is 1. The monoisotopic (exact) mass is 514 g/mol. The summed E-state index contributed by atoms with van der Waals surface area (Å²) in [4.78, 5) is 37.7. The summed E-state index contributed by atoms with van der Waals surface area (Å²) in [5.74, 6) is -7.32. The Morgan fingerprint density at radius 3 is 2.51 bits per heavy atom. The SMILES string of the molecule is NC(=O)C1=C(O)[C@@]2(O)C(=O)C3=C(O)c4c(O)c(CNCC5CCCCC5)cc(F)c4CC3C[C@H]2CC1=O. The second-order valence-electron chi connectivity index (χ2n) is 10.8. The molecular weight excluding hydrogens is 483 g/mol. The summed E-state index contributed by atoms with van der Waals surface area (Å²) in [5, 5.41) is 47.3. The van der Waals surface area contributed by atoms with Gasteiger partial charge >= 0.3 is 0 Å². The summed E-state index contributed by atoms with van der Waals surface area (Å²) in [5.41, 5.74) is 1.47. The number of carbonyl (C=O) groups is 3. The zero-order valence-electron chi connectivity index (χ0n) is 20.3. The molecule has 1 aromatic carbocycles. The number of aromatic hydroxyl groups is 1. The molecule has 10 heteroatoms. The molecule has 9 nitrogen and oxygen atoms in total. The van der Waals surface area contributed by atoms with E-state index in [-0.39, 0.29) is 47.4 Å². The molecular formula is C27H31FN2O7. The molecule has 0 spiro atoms. The van der Waals surface area contributed by atoms with Crippen LogP contribution in [0.2, 0.25) is 0 Å². The summed E-state index contributed by atoms with van der Waals surface area (Å²) in [7, 11) is 0. The smallest absolute Gasteiger partial charge is 0.255 e. The van der Waals surface area contributed by atoms with Gasteiger partial charge in [0, 0.05) is 35.6 Å². The number of hydrogen-bond donors (Lipinski definition) is 6. The first-order valence-corrected chi connectivity index (χ1v) is 12.8. The third-order valence-corrected chi connectivity index (χ3v) is 8.56. The summed E-state index contributed by atoms with van der Waals surface area (Å²) in [6.45, 7) is 0.874. The molecule has 5 rings (SSSR count). The number of benzene rings is 1. The van der Waals surface area contributed by atoms with Crippen molar-refractivity contribution in [2.45, 2.75) is 63.5 Å². The molecule has 1 amide bonds. The summed E-state index contributed by atoms with van der Waals surface area (Å²) >= 11 is 0. The molecule has 2 fully saturated rings. The van der Waals surface area contributed by atoms with Gasteiger partial charge in [-0.1, -0.05) is 19.3 Å². The highest BCUT2D eigenvalue weighted by Crippen LogP contribution is 2.52. The maximum Gasteiger partial charge on any atom is 0.255 e. The highest BCUT2D eigenvalue weighted by atomic mass is 19.1. The van der Waals surface area contributed by atoms with E-state index < -0.39 is 64.2 Å². The van der Waals surface area contributed by atoms with Crippen LogP contribution in [0.25, 0.3) is 5.76 Å². The summed E-state index contributed by atoms with van der Waals surface area (Å²) < 4.78 is 15.2. The number of aliphatic hydroxyl groups excluding tert-OH is 2. The van der Waals surface area contributed by atoms with E-state index in [1.165, 1.54) is 25.3 Å². The van der Waals surface area contributed by atoms with Gasteiger partial charge in [-0.25, -0.2) is 4.39 Å². The number of amides is 1. The Bertz CT molecular complexity index is 1260. The minimum Gasteiger partial charge on any atom is -0.508 e. The molecule has 4 aliphatic rings. The second-order valence-corrected chi connectivity index (χ2v) is 10.8. The lowest BCUT2D eigenvalue weighted by Gasteiger charge is -2.46. The molecule has 0 radical (unpaired) electrons. The van der Waals surface area contributed by atoms with Gasteiger partial charge in [0.25, 0.3) is 5.91 Å². The van der Waals surface area contributed by atoms with Gasteiger partial charge in [-0.15, -0.1) is 0 Å². The minimum atomic E-state index is -2.64. The van der Waals surface area contributed by atoms with Crippen molar-refractivity contribution in [3.8, 4) is 5.75 Å². The summed E-state index contributed by atoms with van der Waals surface area (Å²) in [6, 6.07) is 1.22. The van der Waals surface area contributed by atoms with Crippen molar-refractivity contribution >= 4 is 23.2 Å². The maximum absolute atomic E-state index is 15.2. The predicted octanol–water partition coefficient (Wildman–Crippen LogP) is 2.23. The predicted molar refractivity (Wildman–Crippen MR) is 130 cm³/mol. The Morgan fingerprint density at radius 1 is 1.14 bits per heavy atom. The Morgan fingerprint density at radius 2 is 1.84 bits per heavy atom. The molecule has 1 unspecified atom stereocenters. The van der Waals surface area contributed by atoms with Crippen LogP contribution in [0.3, 0.4) is 0 Å². The average Bonchev–Trinajstić information content (AvgIpc) is 2.84. The number of nitrogens with one attached hydrogen (secondary N) is 1. The van der Waals surface area contributed by atoms with E-state index in [4.69, 9.17) is 5.73 Å². The van der Waals surface area contributed by atoms with Gasteiger partial charge in [-0.05, 0) is 50.1 Å². The number of phenolic OH excluding ortho intramolecular Hbond substituents is 1. The molecule has 0 aliphatic heterocycles. The lowest BCUT2D eigenvalue weighted by Crippen LogP contribution is -2.58. The van der Waals surface area contributed by atoms with Crippen molar-refractivity contribution in [1.29, 1.82) is 0 Å². The number of Topliss-reactive ketones (excluding diaryl/α,β-unsaturated/α-hetero) is 2. The van der Waals surface area contributed by atoms with Crippen molar-refractivity contribution in [2.24, 2.45) is 23.5 Å². The van der Waals surface area contributed by atoms with Gasteiger partial charge in [0.05, 0.1) is 5.56 Å². The van der Waals surface area contributed by atoms with Crippen molar-refractivity contribution in [3.63, 3.8) is 0 Å². The third-order valence-electron chi connectivity index (χ3n) is 8.56. The number of carbonyl (C=O) groups excluding carboxylic acids is 3. The molecule has 198 valence electrons. The molecule has 3 atom stereocenters. The highest BCUT2D eigenvalue weighted by molar-refractivity contribution is 6.22. The van der Waals surface area contributed by atoms with Crippen LogP contribution in [0.15, 0.2) is 23.0 Å². The quantitative estimate of drug-likeness (QED) is 0.325. The van der Waals surface area contributed by atoms with Crippen molar-refractivity contribution < 1.29 is 39.2 Å². The molecule has 1 aromatic rings. The van der Waals surface area contributed by atoms with Crippen LogP contribution in [-0.4, -0.2) is 50.0 Å². The fourth-order valence-corrected chi connectivity index (χ4v) is 6.63. The molecule has 7 N–H and O–H groups in total. The number of hydrogen-bond acceptors (Lipinski definition) is 8. The van der Waals surface area contributed by atoms with E-state index in [0.29, 0.717) is 12.5 Å². The number of fused-ring (bicyclic) bond motifs is 3. The zero-order chi connectivity index (χ0) is 26.6. The number of rotatable bonds is 5. The number of aliphatic hydroxyl groups is 3. The third kappa shape index (κ3) is 3.93. The van der Waals surface area contributed by atoms with Gasteiger partial charge in [-0.2, -0.15) is 0 Å². The zero-order valence-corrected chi connectivity index (χ0v) is 20.3. The van der Waals surface area contributed by atoms with Crippen LogP contribution >= 0.6 is 0 Å². The Balaban J connectivity index is 1.51. The second kappa shape index (κ2) is 9.25. The van der Waals surface area contributed by atoms with Gasteiger partial charge in [0.2, 0.25) is 5.78 Å². The standard InChI is InChI=1S/C27H31FN2O7/c28-17-8-14(11-30-10-12-4-2-1-3-5-12)22(32)20-16(17)7-13-6-15-9-18(31)21(26(29)36)25(35)27(15,37)24(34)19(13)23(20)33/h8,12-13,15,30,32-33,35,37H,1-7,9-11H2,(H2,29,36)/t13?,15-,27-/m0/s1. The number of ketones is 2. The molecule has 0 saturated heterocycles. The number of phenols is 1. The van der Waals surface area contributed by atoms with Crippen LogP contribution < -0.4 is 11.1 Å². The van der Waals surface area contributed by atoms with Gasteiger partial charge in [0.1, 0.15) is 28.7 Å². The van der Waals surface area contributed by atoms with E-state index in [1.54, 1.807) is 0 Å². The normalized spacial score (nSPS) is 28.2. The van der Waals surface area contributed by atoms with Gasteiger partial charge < -0.3 is 31.5 Å². The average molecular weight is 515 g/mol. The minimum absolute atomic E-state index is 0.0339. The van der Waals surface area contributed by atoms with Crippen LogP contribution in [0.4, 0.5) is 4.39 Å². The van der Waals surface area contributed by atoms with Crippen molar-refractivity contribution in [1.82, 2.24) is 5.32 Å². The van der Waals surface area contributed by atoms with Crippen molar-refractivity contribution in [2.75, 3.05) is 6.54 Å². The van der Waals surface area contributed by atoms with Crippen LogP contribution in [-0.2, 0) is 27.3 Å². The van der Waals surface area contributed by atoms with E-state index in [1.807, 2.05) is 0 Å². The van der Waals surface area contributed by atoms with Crippen LogP contribution in [0.1, 0.15) is 61.6 Å². The molecule has 0 bridgehead atoms. The van der Waals surface area contributed by atoms with Gasteiger partial charge in [0.15, 0.2) is 11.4 Å². The van der Waals surface area contributed by atoms with Crippen LogP contribution in [0.5, 0.6) is 5.75 Å². The molecule has 0 aromatic heterocycles. The van der Waals surface area contributed by atoms with E-state index in [2.05, 4.69) is 5.32 Å². The Labute approximate surface area is 212 Å². The Hall–Kier alpha value is -3.24. The molecule has 2 saturated carbocycles. The highest BCUT2D eigenvalue weighted by Gasteiger charge is 2.60. The van der Waals surface area contributed by atoms with E-state index in [0.717, 1.165) is 12.8 Å². The number of halogens is 1. The first kappa shape index (κ1) is 25.4. The lowest BCUT2D eigenvalue weighted by molar-refractivity contribution is -0.147. The molecule has 4 aliphatic carbocycles. The molecule has 0 heterocycles. The topological polar surface area (TPSA) is 170 Å². The fourth-order valence-electron chi connectivity index (χ4n) is 6.63. The lowest BCUT2D eigenvalue weighted by atomic mass is 9.59. The first-order valence-electron chi connectivity index (χ1n) is 12.8. The largest absolute Gasteiger partial charge is 0.508 e.